The van der Waals surface area contributed by atoms with E-state index in [2.05, 4.69) is 5.32 Å². The molecule has 0 aromatic heterocycles. The second kappa shape index (κ2) is 3.84. The number of rotatable bonds is 2. The number of nitrogens with one attached hydrogen (secondary N) is 1. The first-order chi connectivity index (χ1) is 6.02. The second-order valence-corrected chi connectivity index (χ2v) is 3.27. The Kier molecular flexibility index (Phi) is 3.18. The second-order valence-electron chi connectivity index (χ2n) is 3.27. The summed E-state index contributed by atoms with van der Waals surface area (Å²) in [6, 6.07) is 0. The normalized spacial score (nSPS) is 30.5. The van der Waals surface area contributed by atoms with Crippen LogP contribution in [0.25, 0.3) is 0 Å². The Bertz CT molecular complexity index is 158. The maximum Gasteiger partial charge on any atom is 0.408 e. The van der Waals surface area contributed by atoms with E-state index < -0.39 is 11.7 Å². The highest BCUT2D eigenvalue weighted by Gasteiger charge is 2.55. The highest BCUT2D eigenvalue weighted by molar-refractivity contribution is 4.96. The van der Waals surface area contributed by atoms with Gasteiger partial charge in [-0.15, -0.1) is 0 Å². The lowest BCUT2D eigenvalue weighted by Gasteiger charge is -2.39. The lowest BCUT2D eigenvalue weighted by atomic mass is 9.91. The molecule has 1 saturated heterocycles. The van der Waals surface area contributed by atoms with Gasteiger partial charge in [0.15, 0.2) is 0 Å². The molecule has 0 aromatic carbocycles. The van der Waals surface area contributed by atoms with Crippen LogP contribution in [0, 0.1) is 0 Å². The van der Waals surface area contributed by atoms with Gasteiger partial charge in [-0.25, -0.2) is 0 Å². The topological polar surface area (TPSA) is 21.3 Å². The molecule has 1 heterocycles. The molecule has 5 heteroatoms. The van der Waals surface area contributed by atoms with Crippen LogP contribution in [-0.2, 0) is 4.74 Å². The molecule has 1 rings (SSSR count). The molecule has 2 nitrogen and oxygen atoms in total. The minimum absolute atomic E-state index is 0.115. The zero-order valence-corrected chi connectivity index (χ0v) is 7.58. The molecule has 0 bridgehead atoms. The molecular formula is C8H14F3NO. The van der Waals surface area contributed by atoms with Crippen LogP contribution < -0.4 is 5.32 Å². The molecule has 0 aliphatic carbocycles. The zero-order chi connectivity index (χ0) is 9.95. The number of ether oxygens (including phenoxy) is 1. The number of alkyl halides is 3. The molecule has 0 aromatic rings. The van der Waals surface area contributed by atoms with Crippen LogP contribution in [0.5, 0.6) is 0 Å². The predicted octanol–water partition coefficient (Wildman–Crippen LogP) is 1.71. The summed E-state index contributed by atoms with van der Waals surface area (Å²) in [5, 5.41) is 2.49. The van der Waals surface area contributed by atoms with E-state index in [4.69, 9.17) is 4.74 Å². The minimum Gasteiger partial charge on any atom is -0.379 e. The van der Waals surface area contributed by atoms with Gasteiger partial charge < -0.3 is 10.1 Å². The molecule has 0 spiro atoms. The van der Waals surface area contributed by atoms with Crippen LogP contribution in [-0.4, -0.2) is 31.5 Å². The molecule has 0 saturated carbocycles. The van der Waals surface area contributed by atoms with Crippen molar-refractivity contribution in [3.8, 4) is 0 Å². The molecule has 1 N–H and O–H groups in total. The van der Waals surface area contributed by atoms with Gasteiger partial charge in [-0.3, -0.25) is 0 Å². The Labute approximate surface area is 75.4 Å². The Morgan fingerprint density at radius 2 is 2.15 bits per heavy atom. The van der Waals surface area contributed by atoms with Gasteiger partial charge in [0.25, 0.3) is 0 Å². The van der Waals surface area contributed by atoms with E-state index in [1.54, 1.807) is 6.92 Å². The molecule has 0 amide bonds. The third-order valence-electron chi connectivity index (χ3n) is 2.30. The van der Waals surface area contributed by atoms with E-state index in [1.807, 2.05) is 0 Å². The number of likely N-dealkylation sites (N-methyl/N-ethyl adjacent to an activating group) is 1. The summed E-state index contributed by atoms with van der Waals surface area (Å²) in [6.07, 6.45) is -3.64. The minimum atomic E-state index is -4.22. The molecule has 1 atom stereocenters. The number of halogens is 3. The summed E-state index contributed by atoms with van der Waals surface area (Å²) < 4.78 is 42.8. The zero-order valence-electron chi connectivity index (χ0n) is 7.58. The Hall–Kier alpha value is -0.290. The third-order valence-corrected chi connectivity index (χ3v) is 2.30. The summed E-state index contributed by atoms with van der Waals surface area (Å²) in [5.74, 6) is 0. The number of hydrogen-bond donors (Lipinski definition) is 1. The molecule has 1 aliphatic heterocycles. The third kappa shape index (κ3) is 2.14. The molecule has 0 radical (unpaired) electrons. The Morgan fingerprint density at radius 3 is 2.54 bits per heavy atom. The summed E-state index contributed by atoms with van der Waals surface area (Å²) in [4.78, 5) is 0. The van der Waals surface area contributed by atoms with Gasteiger partial charge in [0.1, 0.15) is 5.54 Å². The van der Waals surface area contributed by atoms with Gasteiger partial charge in [0, 0.05) is 6.61 Å². The molecule has 1 unspecified atom stereocenters. The van der Waals surface area contributed by atoms with E-state index >= 15 is 0 Å². The van der Waals surface area contributed by atoms with E-state index in [9.17, 15) is 13.2 Å². The SMILES string of the molecule is CCNC1(C(F)(F)F)CCCOC1. The van der Waals surface area contributed by atoms with E-state index in [1.165, 1.54) is 0 Å². The lowest BCUT2D eigenvalue weighted by molar-refractivity contribution is -0.223. The van der Waals surface area contributed by atoms with Crippen molar-refractivity contribution in [1.29, 1.82) is 0 Å². The maximum absolute atomic E-state index is 12.6. The summed E-state index contributed by atoms with van der Waals surface area (Å²) >= 11 is 0. The van der Waals surface area contributed by atoms with Crippen LogP contribution in [0.2, 0.25) is 0 Å². The van der Waals surface area contributed by atoms with Crippen molar-refractivity contribution in [3.63, 3.8) is 0 Å². The fraction of sp³-hybridized carbons (Fsp3) is 1.00. The lowest BCUT2D eigenvalue weighted by Crippen LogP contribution is -2.61. The monoisotopic (exact) mass is 197 g/mol. The summed E-state index contributed by atoms with van der Waals surface area (Å²) in [5.41, 5.74) is -1.81. The molecule has 1 fully saturated rings. The van der Waals surface area contributed by atoms with Gasteiger partial charge in [-0.1, -0.05) is 6.92 Å². The average Bonchev–Trinajstić information content (AvgIpc) is 2.04. The Morgan fingerprint density at radius 1 is 1.46 bits per heavy atom. The van der Waals surface area contributed by atoms with Crippen molar-refractivity contribution < 1.29 is 17.9 Å². The van der Waals surface area contributed by atoms with E-state index in [0.717, 1.165) is 0 Å². The summed E-state index contributed by atoms with van der Waals surface area (Å²) in [6.45, 7) is 2.15. The molecule has 1 aliphatic rings. The van der Waals surface area contributed by atoms with Crippen molar-refractivity contribution in [2.24, 2.45) is 0 Å². The van der Waals surface area contributed by atoms with Crippen LogP contribution >= 0.6 is 0 Å². The first-order valence-electron chi connectivity index (χ1n) is 4.41. The van der Waals surface area contributed by atoms with Crippen molar-refractivity contribution in [2.45, 2.75) is 31.5 Å². The van der Waals surface area contributed by atoms with E-state index in [0.29, 0.717) is 19.6 Å². The highest BCUT2D eigenvalue weighted by atomic mass is 19.4. The van der Waals surface area contributed by atoms with Crippen LogP contribution in [0.3, 0.4) is 0 Å². The molecular weight excluding hydrogens is 183 g/mol. The summed E-state index contributed by atoms with van der Waals surface area (Å²) in [7, 11) is 0. The van der Waals surface area contributed by atoms with Gasteiger partial charge >= 0.3 is 6.18 Å². The van der Waals surface area contributed by atoms with Crippen LogP contribution in [0.1, 0.15) is 19.8 Å². The fourth-order valence-corrected chi connectivity index (χ4v) is 1.60. The predicted molar refractivity (Wildman–Crippen MR) is 42.5 cm³/mol. The van der Waals surface area contributed by atoms with Gasteiger partial charge in [0.2, 0.25) is 0 Å². The van der Waals surface area contributed by atoms with Gasteiger partial charge in [-0.05, 0) is 19.4 Å². The average molecular weight is 197 g/mol. The molecule has 78 valence electrons. The largest absolute Gasteiger partial charge is 0.408 e. The Balaban J connectivity index is 2.73. The number of hydrogen-bond acceptors (Lipinski definition) is 2. The van der Waals surface area contributed by atoms with Crippen LogP contribution in [0.4, 0.5) is 13.2 Å². The van der Waals surface area contributed by atoms with Gasteiger partial charge in [0.05, 0.1) is 6.61 Å². The van der Waals surface area contributed by atoms with Gasteiger partial charge in [-0.2, -0.15) is 13.2 Å². The standard InChI is InChI=1S/C8H14F3NO/c1-2-12-7(8(9,10)11)4-3-5-13-6-7/h12H,2-6H2,1H3. The van der Waals surface area contributed by atoms with Crippen molar-refractivity contribution >= 4 is 0 Å². The highest BCUT2D eigenvalue weighted by Crippen LogP contribution is 2.36. The smallest absolute Gasteiger partial charge is 0.379 e. The molecule has 13 heavy (non-hydrogen) atoms. The van der Waals surface area contributed by atoms with Crippen molar-refractivity contribution in [1.82, 2.24) is 5.32 Å². The van der Waals surface area contributed by atoms with E-state index in [-0.39, 0.29) is 13.0 Å². The van der Waals surface area contributed by atoms with Crippen molar-refractivity contribution in [3.05, 3.63) is 0 Å². The first-order valence-corrected chi connectivity index (χ1v) is 4.41. The fourth-order valence-electron chi connectivity index (χ4n) is 1.60. The maximum atomic E-state index is 12.6. The first kappa shape index (κ1) is 10.8. The van der Waals surface area contributed by atoms with Crippen LogP contribution in [0.15, 0.2) is 0 Å². The quantitative estimate of drug-likeness (QED) is 0.727. The van der Waals surface area contributed by atoms with Crippen molar-refractivity contribution in [2.75, 3.05) is 19.8 Å².